The van der Waals surface area contributed by atoms with Gasteiger partial charge in [0.1, 0.15) is 5.75 Å². The molecule has 1 N–H and O–H groups in total. The normalized spacial score (nSPS) is 16.7. The minimum Gasteiger partial charge on any atom is -0.508 e. The number of nitrogens with zero attached hydrogens (tertiary/aromatic N) is 2. The average Bonchev–Trinajstić information content (AvgIpc) is 2.84. The quantitative estimate of drug-likeness (QED) is 0.817. The summed E-state index contributed by atoms with van der Waals surface area (Å²) in [6.07, 6.45) is 6.08. The zero-order valence-electron chi connectivity index (χ0n) is 9.47. The Balaban J connectivity index is 2.21. The standard InChI is InChI=1S/C13H14N2O2/c16-10-5-6-12-11(7-10)13(17)15(8-14-12)9-3-1-2-4-9/h5-9,16H,1-4H2. The van der Waals surface area contributed by atoms with Crippen molar-refractivity contribution >= 4 is 10.9 Å². The van der Waals surface area contributed by atoms with E-state index in [0.717, 1.165) is 12.8 Å². The topological polar surface area (TPSA) is 55.1 Å². The lowest BCUT2D eigenvalue weighted by Gasteiger charge is -2.13. The van der Waals surface area contributed by atoms with Crippen molar-refractivity contribution in [1.29, 1.82) is 0 Å². The van der Waals surface area contributed by atoms with Crippen LogP contribution >= 0.6 is 0 Å². The molecule has 1 aliphatic carbocycles. The first kappa shape index (κ1) is 10.3. The summed E-state index contributed by atoms with van der Waals surface area (Å²) in [5.74, 6) is 0.112. The van der Waals surface area contributed by atoms with Gasteiger partial charge < -0.3 is 5.11 Å². The first-order valence-corrected chi connectivity index (χ1v) is 5.95. The second-order valence-electron chi connectivity index (χ2n) is 4.60. The minimum absolute atomic E-state index is 0.0437. The third-order valence-corrected chi connectivity index (χ3v) is 3.48. The number of rotatable bonds is 1. The highest BCUT2D eigenvalue weighted by atomic mass is 16.3. The van der Waals surface area contributed by atoms with Gasteiger partial charge in [0.2, 0.25) is 0 Å². The van der Waals surface area contributed by atoms with Gasteiger partial charge >= 0.3 is 0 Å². The fourth-order valence-electron chi connectivity index (χ4n) is 2.57. The third-order valence-electron chi connectivity index (χ3n) is 3.48. The Morgan fingerprint density at radius 1 is 1.29 bits per heavy atom. The van der Waals surface area contributed by atoms with Gasteiger partial charge in [-0.15, -0.1) is 0 Å². The summed E-state index contributed by atoms with van der Waals surface area (Å²) >= 11 is 0. The van der Waals surface area contributed by atoms with E-state index in [-0.39, 0.29) is 17.4 Å². The smallest absolute Gasteiger partial charge is 0.261 e. The molecule has 0 saturated heterocycles. The van der Waals surface area contributed by atoms with Crippen LogP contribution in [0, 0.1) is 0 Å². The molecule has 1 heterocycles. The summed E-state index contributed by atoms with van der Waals surface area (Å²) in [5.41, 5.74) is 0.597. The van der Waals surface area contributed by atoms with Gasteiger partial charge in [-0.3, -0.25) is 9.36 Å². The summed E-state index contributed by atoms with van der Waals surface area (Å²) in [7, 11) is 0. The second-order valence-corrected chi connectivity index (χ2v) is 4.60. The van der Waals surface area contributed by atoms with E-state index in [0.29, 0.717) is 10.9 Å². The van der Waals surface area contributed by atoms with Crippen LogP contribution in [-0.4, -0.2) is 14.7 Å². The van der Waals surface area contributed by atoms with Crippen molar-refractivity contribution in [3.05, 3.63) is 34.9 Å². The van der Waals surface area contributed by atoms with Crippen molar-refractivity contribution in [2.75, 3.05) is 0 Å². The Kier molecular flexibility index (Phi) is 2.35. The SMILES string of the molecule is O=c1c2cc(O)ccc2ncn1C1CCCC1. The van der Waals surface area contributed by atoms with E-state index in [1.165, 1.54) is 18.9 Å². The van der Waals surface area contributed by atoms with Crippen LogP contribution in [0.2, 0.25) is 0 Å². The molecule has 0 atom stereocenters. The first-order valence-electron chi connectivity index (χ1n) is 5.95. The largest absolute Gasteiger partial charge is 0.508 e. The van der Waals surface area contributed by atoms with Crippen molar-refractivity contribution in [1.82, 2.24) is 9.55 Å². The molecule has 0 unspecified atom stereocenters. The van der Waals surface area contributed by atoms with Crippen LogP contribution in [0.1, 0.15) is 31.7 Å². The molecule has 0 aliphatic heterocycles. The van der Waals surface area contributed by atoms with Crippen molar-refractivity contribution in [2.24, 2.45) is 0 Å². The van der Waals surface area contributed by atoms with E-state index < -0.39 is 0 Å². The highest BCUT2D eigenvalue weighted by Gasteiger charge is 2.18. The molecule has 1 saturated carbocycles. The molecular weight excluding hydrogens is 216 g/mol. The van der Waals surface area contributed by atoms with Crippen LogP contribution < -0.4 is 5.56 Å². The first-order chi connectivity index (χ1) is 8.25. The van der Waals surface area contributed by atoms with Crippen molar-refractivity contribution < 1.29 is 5.11 Å². The van der Waals surface area contributed by atoms with E-state index in [4.69, 9.17) is 0 Å². The minimum atomic E-state index is -0.0437. The maximum atomic E-state index is 12.3. The Hall–Kier alpha value is -1.84. The molecule has 1 aromatic heterocycles. The van der Waals surface area contributed by atoms with Crippen LogP contribution in [0.25, 0.3) is 10.9 Å². The van der Waals surface area contributed by atoms with Gasteiger partial charge in [-0.05, 0) is 31.0 Å². The summed E-state index contributed by atoms with van der Waals surface area (Å²) in [5, 5.41) is 9.93. The molecule has 2 aromatic rings. The molecule has 0 spiro atoms. The van der Waals surface area contributed by atoms with E-state index in [1.54, 1.807) is 23.0 Å². The summed E-state index contributed by atoms with van der Waals surface area (Å²) in [6.45, 7) is 0. The predicted octanol–water partition coefficient (Wildman–Crippen LogP) is 2.22. The maximum Gasteiger partial charge on any atom is 0.261 e. The molecule has 0 bridgehead atoms. The highest BCUT2D eigenvalue weighted by Crippen LogP contribution is 2.28. The Morgan fingerprint density at radius 2 is 2.06 bits per heavy atom. The van der Waals surface area contributed by atoms with Crippen LogP contribution in [0.3, 0.4) is 0 Å². The molecule has 0 radical (unpaired) electrons. The van der Waals surface area contributed by atoms with Gasteiger partial charge in [0.05, 0.1) is 17.2 Å². The molecule has 4 nitrogen and oxygen atoms in total. The zero-order valence-corrected chi connectivity index (χ0v) is 9.47. The maximum absolute atomic E-state index is 12.3. The van der Waals surface area contributed by atoms with Crippen molar-refractivity contribution in [2.45, 2.75) is 31.7 Å². The lowest BCUT2D eigenvalue weighted by molar-refractivity contribution is 0.475. The number of fused-ring (bicyclic) bond motifs is 1. The van der Waals surface area contributed by atoms with Crippen molar-refractivity contribution in [3.63, 3.8) is 0 Å². The fraction of sp³-hybridized carbons (Fsp3) is 0.385. The van der Waals surface area contributed by atoms with Gasteiger partial charge in [0.15, 0.2) is 0 Å². The number of phenolic OH excluding ortho intramolecular Hbond substituents is 1. The summed E-state index contributed by atoms with van der Waals surface area (Å²) < 4.78 is 1.72. The number of aromatic hydroxyl groups is 1. The predicted molar refractivity (Wildman–Crippen MR) is 65.2 cm³/mol. The van der Waals surface area contributed by atoms with Gasteiger partial charge in [-0.1, -0.05) is 12.8 Å². The van der Waals surface area contributed by atoms with Gasteiger partial charge in [0, 0.05) is 6.04 Å². The molecule has 3 rings (SSSR count). The van der Waals surface area contributed by atoms with Crippen LogP contribution in [0.4, 0.5) is 0 Å². The summed E-state index contributed by atoms with van der Waals surface area (Å²) in [4.78, 5) is 16.6. The zero-order chi connectivity index (χ0) is 11.8. The molecule has 1 aromatic carbocycles. The molecular formula is C13H14N2O2. The number of phenols is 1. The Bertz CT molecular complexity index is 612. The van der Waals surface area contributed by atoms with Crippen LogP contribution in [-0.2, 0) is 0 Å². The van der Waals surface area contributed by atoms with Gasteiger partial charge in [0.25, 0.3) is 5.56 Å². The van der Waals surface area contributed by atoms with E-state index in [1.807, 2.05) is 0 Å². The number of benzene rings is 1. The molecule has 0 amide bonds. The molecule has 1 aliphatic rings. The second kappa shape index (κ2) is 3.87. The molecule has 88 valence electrons. The highest BCUT2D eigenvalue weighted by molar-refractivity contribution is 5.78. The molecule has 1 fully saturated rings. The van der Waals surface area contributed by atoms with Gasteiger partial charge in [-0.2, -0.15) is 0 Å². The Morgan fingerprint density at radius 3 is 2.82 bits per heavy atom. The van der Waals surface area contributed by atoms with E-state index in [9.17, 15) is 9.90 Å². The lowest BCUT2D eigenvalue weighted by Crippen LogP contribution is -2.23. The average molecular weight is 230 g/mol. The van der Waals surface area contributed by atoms with Gasteiger partial charge in [-0.25, -0.2) is 4.98 Å². The summed E-state index contributed by atoms with van der Waals surface area (Å²) in [6, 6.07) is 5.00. The Labute approximate surface area is 98.5 Å². The van der Waals surface area contributed by atoms with Crippen molar-refractivity contribution in [3.8, 4) is 5.75 Å². The number of hydrogen-bond donors (Lipinski definition) is 1. The van der Waals surface area contributed by atoms with E-state index in [2.05, 4.69) is 4.98 Å². The fourth-order valence-corrected chi connectivity index (χ4v) is 2.57. The monoisotopic (exact) mass is 230 g/mol. The molecule has 4 heteroatoms. The van der Waals surface area contributed by atoms with Crippen LogP contribution in [0.5, 0.6) is 5.75 Å². The molecule has 17 heavy (non-hydrogen) atoms. The lowest BCUT2D eigenvalue weighted by atomic mass is 10.2. The van der Waals surface area contributed by atoms with Crippen LogP contribution in [0.15, 0.2) is 29.3 Å². The third kappa shape index (κ3) is 1.69. The van der Waals surface area contributed by atoms with E-state index >= 15 is 0 Å². The number of aromatic nitrogens is 2. The number of hydrogen-bond acceptors (Lipinski definition) is 3.